The third-order valence-corrected chi connectivity index (χ3v) is 6.52. The molecule has 4 rings (SSSR count). The first-order valence-electron chi connectivity index (χ1n) is 10.7. The third kappa shape index (κ3) is 6.10. The van der Waals surface area contributed by atoms with Crippen LogP contribution in [0.5, 0.6) is 0 Å². The number of likely N-dealkylation sites (tertiary alicyclic amines) is 1. The van der Waals surface area contributed by atoms with Crippen molar-refractivity contribution in [2.45, 2.75) is 31.7 Å². The van der Waals surface area contributed by atoms with Crippen LogP contribution in [0.1, 0.15) is 23.4 Å². The van der Waals surface area contributed by atoms with Crippen LogP contribution in [0.2, 0.25) is 0 Å². The summed E-state index contributed by atoms with van der Waals surface area (Å²) in [6.45, 7) is 2.19. The second kappa shape index (κ2) is 10.2. The van der Waals surface area contributed by atoms with Crippen LogP contribution in [0.4, 0.5) is 13.2 Å². The van der Waals surface area contributed by atoms with E-state index in [1.807, 2.05) is 0 Å². The van der Waals surface area contributed by atoms with Crippen LogP contribution in [-0.2, 0) is 31.8 Å². The standard InChI is InChI=1S/C22H24F3N3O4S/c23-22(24,25)16-5-3-14(4-6-16)18-13-33-19(27-18)8-26-21(30)15-2-1-7-28(9-15)20(29)12-32-17-10-31-11-17/h3-6,13,15,17H,1-2,7-12H2,(H,26,30)/t15-/m0/s1. The molecule has 2 aromatic rings. The van der Waals surface area contributed by atoms with E-state index in [2.05, 4.69) is 10.3 Å². The molecule has 7 nitrogen and oxygen atoms in total. The van der Waals surface area contributed by atoms with E-state index in [1.54, 1.807) is 10.3 Å². The van der Waals surface area contributed by atoms with Crippen molar-refractivity contribution in [2.24, 2.45) is 5.92 Å². The molecule has 2 fully saturated rings. The van der Waals surface area contributed by atoms with Crippen LogP contribution in [0.15, 0.2) is 29.6 Å². The Balaban J connectivity index is 1.26. The van der Waals surface area contributed by atoms with Gasteiger partial charge in [0, 0.05) is 24.0 Å². The zero-order valence-corrected chi connectivity index (χ0v) is 18.6. The molecule has 1 atom stereocenters. The predicted octanol–water partition coefficient (Wildman–Crippen LogP) is 3.10. The Morgan fingerprint density at radius 3 is 2.67 bits per heavy atom. The topological polar surface area (TPSA) is 80.8 Å². The zero-order chi connectivity index (χ0) is 23.4. The molecule has 0 spiro atoms. The van der Waals surface area contributed by atoms with Crippen molar-refractivity contribution in [3.8, 4) is 11.3 Å². The number of halogens is 3. The van der Waals surface area contributed by atoms with Crippen LogP contribution >= 0.6 is 11.3 Å². The van der Waals surface area contributed by atoms with Gasteiger partial charge in [-0.05, 0) is 25.0 Å². The van der Waals surface area contributed by atoms with Gasteiger partial charge in [0.15, 0.2) is 0 Å². The van der Waals surface area contributed by atoms with Crippen molar-refractivity contribution in [3.05, 3.63) is 40.2 Å². The molecule has 1 N–H and O–H groups in total. The van der Waals surface area contributed by atoms with Gasteiger partial charge in [-0.2, -0.15) is 13.2 Å². The van der Waals surface area contributed by atoms with E-state index in [4.69, 9.17) is 9.47 Å². The lowest BCUT2D eigenvalue weighted by molar-refractivity contribution is -0.157. The predicted molar refractivity (Wildman–Crippen MR) is 114 cm³/mol. The highest BCUT2D eigenvalue weighted by Crippen LogP contribution is 2.31. The van der Waals surface area contributed by atoms with Crippen LogP contribution in [0.3, 0.4) is 0 Å². The molecular weight excluding hydrogens is 459 g/mol. The van der Waals surface area contributed by atoms with Crippen LogP contribution in [-0.4, -0.2) is 60.7 Å². The van der Waals surface area contributed by atoms with Gasteiger partial charge in [-0.25, -0.2) is 4.98 Å². The Kier molecular flexibility index (Phi) is 7.30. The number of carbonyl (C=O) groups is 2. The van der Waals surface area contributed by atoms with E-state index < -0.39 is 11.7 Å². The normalized spacial score (nSPS) is 19.2. The van der Waals surface area contributed by atoms with Gasteiger partial charge in [0.05, 0.1) is 36.9 Å². The van der Waals surface area contributed by atoms with E-state index in [9.17, 15) is 22.8 Å². The lowest BCUT2D eigenvalue weighted by Gasteiger charge is -2.33. The highest BCUT2D eigenvalue weighted by molar-refractivity contribution is 7.09. The molecule has 1 aromatic heterocycles. The number of hydrogen-bond donors (Lipinski definition) is 1. The maximum atomic E-state index is 12.7. The molecule has 2 aliphatic rings. The summed E-state index contributed by atoms with van der Waals surface area (Å²) in [6.07, 6.45) is -2.97. The van der Waals surface area contributed by atoms with Gasteiger partial charge in [0.1, 0.15) is 17.7 Å². The number of piperidine rings is 1. The molecule has 11 heteroatoms. The highest BCUT2D eigenvalue weighted by atomic mass is 32.1. The smallest absolute Gasteiger partial charge is 0.376 e. The first-order valence-corrected chi connectivity index (χ1v) is 11.5. The highest BCUT2D eigenvalue weighted by Gasteiger charge is 2.31. The zero-order valence-electron chi connectivity index (χ0n) is 17.8. The van der Waals surface area contributed by atoms with Crippen LogP contribution < -0.4 is 5.32 Å². The SMILES string of the molecule is O=C(NCc1nc(-c2ccc(C(F)(F)F)cc2)cs1)[C@H]1CCCN(C(=O)COC2COC2)C1. The monoisotopic (exact) mass is 483 g/mol. The quantitative estimate of drug-likeness (QED) is 0.655. The molecule has 2 saturated heterocycles. The Morgan fingerprint density at radius 2 is 2.00 bits per heavy atom. The molecule has 2 aliphatic heterocycles. The summed E-state index contributed by atoms with van der Waals surface area (Å²) >= 11 is 1.33. The number of amides is 2. The number of nitrogens with zero attached hydrogens (tertiary/aromatic N) is 2. The number of ether oxygens (including phenoxy) is 2. The average molecular weight is 484 g/mol. The minimum Gasteiger partial charge on any atom is -0.376 e. The Bertz CT molecular complexity index is 976. The van der Waals surface area contributed by atoms with Gasteiger partial charge in [-0.1, -0.05) is 12.1 Å². The Hall–Kier alpha value is -2.50. The molecule has 2 amide bonds. The van der Waals surface area contributed by atoms with Crippen molar-refractivity contribution in [3.63, 3.8) is 0 Å². The molecule has 0 aliphatic carbocycles. The van der Waals surface area contributed by atoms with E-state index in [0.29, 0.717) is 49.0 Å². The summed E-state index contributed by atoms with van der Waals surface area (Å²) < 4.78 is 48.7. The van der Waals surface area contributed by atoms with Crippen LogP contribution in [0.25, 0.3) is 11.3 Å². The van der Waals surface area contributed by atoms with E-state index in [1.165, 1.54) is 23.5 Å². The minimum absolute atomic E-state index is 0.00575. The van der Waals surface area contributed by atoms with Crippen molar-refractivity contribution >= 4 is 23.2 Å². The molecule has 0 saturated carbocycles. The van der Waals surface area contributed by atoms with Gasteiger partial charge in [-0.3, -0.25) is 9.59 Å². The maximum absolute atomic E-state index is 12.7. The molecule has 178 valence electrons. The van der Waals surface area contributed by atoms with E-state index >= 15 is 0 Å². The summed E-state index contributed by atoms with van der Waals surface area (Å²) in [5.41, 5.74) is 0.427. The summed E-state index contributed by atoms with van der Waals surface area (Å²) in [6, 6.07) is 4.82. The van der Waals surface area contributed by atoms with Crippen molar-refractivity contribution < 1.29 is 32.2 Å². The summed E-state index contributed by atoms with van der Waals surface area (Å²) in [5.74, 6) is -0.573. The van der Waals surface area contributed by atoms with Crippen molar-refractivity contribution in [2.75, 3.05) is 32.9 Å². The maximum Gasteiger partial charge on any atom is 0.416 e. The summed E-state index contributed by atoms with van der Waals surface area (Å²) in [4.78, 5) is 31.1. The third-order valence-electron chi connectivity index (χ3n) is 5.67. The van der Waals surface area contributed by atoms with E-state index in [-0.39, 0.29) is 37.0 Å². The van der Waals surface area contributed by atoms with Gasteiger partial charge in [-0.15, -0.1) is 11.3 Å². The fourth-order valence-corrected chi connectivity index (χ4v) is 4.41. The number of thiazole rings is 1. The number of aromatic nitrogens is 1. The first-order chi connectivity index (χ1) is 15.8. The number of carbonyl (C=O) groups excluding carboxylic acids is 2. The molecule has 1 aromatic carbocycles. The second-order valence-corrected chi connectivity index (χ2v) is 9.01. The fourth-order valence-electron chi connectivity index (χ4n) is 3.67. The largest absolute Gasteiger partial charge is 0.416 e. The van der Waals surface area contributed by atoms with Gasteiger partial charge in [0.2, 0.25) is 11.8 Å². The summed E-state index contributed by atoms with van der Waals surface area (Å²) in [5, 5.41) is 5.26. The average Bonchev–Trinajstić information content (AvgIpc) is 3.25. The van der Waals surface area contributed by atoms with Gasteiger partial charge in [0.25, 0.3) is 0 Å². The minimum atomic E-state index is -4.38. The molecule has 3 heterocycles. The number of alkyl halides is 3. The number of benzene rings is 1. The van der Waals surface area contributed by atoms with E-state index in [0.717, 1.165) is 18.6 Å². The molecule has 0 bridgehead atoms. The fraction of sp³-hybridized carbons (Fsp3) is 0.500. The Morgan fingerprint density at radius 1 is 1.24 bits per heavy atom. The Labute approximate surface area is 192 Å². The van der Waals surface area contributed by atoms with Crippen molar-refractivity contribution in [1.82, 2.24) is 15.2 Å². The van der Waals surface area contributed by atoms with Crippen LogP contribution in [0, 0.1) is 5.92 Å². The molecule has 0 unspecified atom stereocenters. The lowest BCUT2D eigenvalue weighted by Crippen LogP contribution is -2.47. The molecular formula is C22H24F3N3O4S. The van der Waals surface area contributed by atoms with Gasteiger partial charge >= 0.3 is 6.18 Å². The summed E-state index contributed by atoms with van der Waals surface area (Å²) in [7, 11) is 0. The molecule has 0 radical (unpaired) electrons. The first kappa shape index (κ1) is 23.7. The molecule has 33 heavy (non-hydrogen) atoms. The lowest BCUT2D eigenvalue weighted by atomic mass is 9.97. The van der Waals surface area contributed by atoms with Gasteiger partial charge < -0.3 is 19.7 Å². The number of hydrogen-bond acceptors (Lipinski definition) is 6. The second-order valence-electron chi connectivity index (χ2n) is 8.07. The number of rotatable bonds is 7. The van der Waals surface area contributed by atoms with Crippen molar-refractivity contribution in [1.29, 1.82) is 0 Å². The number of nitrogens with one attached hydrogen (secondary N) is 1.